The van der Waals surface area contributed by atoms with Crippen molar-refractivity contribution in [2.75, 3.05) is 27.4 Å². The second-order valence-electron chi connectivity index (χ2n) is 3.65. The number of hydrogen-bond acceptors (Lipinski definition) is 5. The van der Waals surface area contributed by atoms with Crippen molar-refractivity contribution in [1.29, 1.82) is 0 Å². The van der Waals surface area contributed by atoms with Crippen LogP contribution in [0.4, 0.5) is 0 Å². The summed E-state index contributed by atoms with van der Waals surface area (Å²) in [6, 6.07) is 3.57. The molecule has 1 rings (SSSR count). The summed E-state index contributed by atoms with van der Waals surface area (Å²) in [6.07, 6.45) is 0. The monoisotopic (exact) mass is 255 g/mol. The number of rotatable bonds is 7. The number of nitrogens with one attached hydrogen (secondary N) is 1. The number of carbonyl (C=O) groups is 1. The first kappa shape index (κ1) is 14.3. The Balaban J connectivity index is 2.88. The number of aromatic hydroxyl groups is 1. The first-order valence-electron chi connectivity index (χ1n) is 5.42. The largest absolute Gasteiger partial charge is 0.504 e. The Morgan fingerprint density at radius 2 is 2.17 bits per heavy atom. The molecule has 3 N–H and O–H groups in total. The maximum Gasteiger partial charge on any atom is 0.325 e. The van der Waals surface area contributed by atoms with Crippen molar-refractivity contribution < 1.29 is 24.5 Å². The van der Waals surface area contributed by atoms with E-state index in [1.807, 2.05) is 0 Å². The molecule has 0 aliphatic rings. The van der Waals surface area contributed by atoms with Crippen LogP contribution in [0.2, 0.25) is 0 Å². The standard InChI is InChI=1S/C12H17NO5/c1-17-6-5-13-11(12(15)16)8-3-4-9(14)10(7-8)18-2/h3-4,7,11,13-14H,5-6H2,1-2H3,(H,15,16). The van der Waals surface area contributed by atoms with Gasteiger partial charge in [0.05, 0.1) is 13.7 Å². The lowest BCUT2D eigenvalue weighted by Gasteiger charge is -2.15. The molecule has 0 heterocycles. The molecule has 0 fully saturated rings. The SMILES string of the molecule is COCCNC(C(=O)O)c1ccc(O)c(OC)c1. The summed E-state index contributed by atoms with van der Waals surface area (Å²) < 4.78 is 9.80. The maximum absolute atomic E-state index is 11.2. The van der Waals surface area contributed by atoms with Crippen LogP contribution in [0.1, 0.15) is 11.6 Å². The van der Waals surface area contributed by atoms with Gasteiger partial charge in [-0.15, -0.1) is 0 Å². The first-order valence-corrected chi connectivity index (χ1v) is 5.42. The van der Waals surface area contributed by atoms with E-state index in [9.17, 15) is 9.90 Å². The second kappa shape index (κ2) is 6.83. The number of phenols is 1. The maximum atomic E-state index is 11.2. The van der Waals surface area contributed by atoms with Crippen LogP contribution in [-0.4, -0.2) is 43.6 Å². The van der Waals surface area contributed by atoms with E-state index in [4.69, 9.17) is 14.6 Å². The number of benzene rings is 1. The molecule has 0 aromatic heterocycles. The molecule has 100 valence electrons. The predicted octanol–water partition coefficient (Wildman–Crippen LogP) is 0.762. The molecule has 0 aliphatic carbocycles. The van der Waals surface area contributed by atoms with Gasteiger partial charge in [0, 0.05) is 13.7 Å². The van der Waals surface area contributed by atoms with Gasteiger partial charge in [-0.2, -0.15) is 0 Å². The van der Waals surface area contributed by atoms with Crippen molar-refractivity contribution in [3.63, 3.8) is 0 Å². The van der Waals surface area contributed by atoms with Gasteiger partial charge in [-0.05, 0) is 17.7 Å². The van der Waals surface area contributed by atoms with Crippen LogP contribution < -0.4 is 10.1 Å². The Labute approximate surface area is 105 Å². The van der Waals surface area contributed by atoms with E-state index in [0.29, 0.717) is 18.7 Å². The summed E-state index contributed by atoms with van der Waals surface area (Å²) in [5, 5.41) is 21.5. The first-order chi connectivity index (χ1) is 8.60. The molecule has 0 radical (unpaired) electrons. The molecule has 0 spiro atoms. The van der Waals surface area contributed by atoms with E-state index in [1.165, 1.54) is 25.3 Å². The minimum Gasteiger partial charge on any atom is -0.504 e. The van der Waals surface area contributed by atoms with Gasteiger partial charge in [-0.25, -0.2) is 0 Å². The van der Waals surface area contributed by atoms with Gasteiger partial charge < -0.3 is 19.7 Å². The molecule has 0 amide bonds. The van der Waals surface area contributed by atoms with E-state index >= 15 is 0 Å². The molecule has 1 aromatic carbocycles. The highest BCUT2D eigenvalue weighted by Gasteiger charge is 2.20. The number of aliphatic carboxylic acids is 1. The molecule has 0 aliphatic heterocycles. The van der Waals surface area contributed by atoms with Gasteiger partial charge in [-0.3, -0.25) is 10.1 Å². The van der Waals surface area contributed by atoms with Crippen LogP contribution in [0.5, 0.6) is 11.5 Å². The molecular formula is C12H17NO5. The van der Waals surface area contributed by atoms with Crippen LogP contribution in [0, 0.1) is 0 Å². The van der Waals surface area contributed by atoms with Gasteiger partial charge in [-0.1, -0.05) is 6.07 Å². The fourth-order valence-corrected chi connectivity index (χ4v) is 1.53. The lowest BCUT2D eigenvalue weighted by atomic mass is 10.1. The fourth-order valence-electron chi connectivity index (χ4n) is 1.53. The van der Waals surface area contributed by atoms with E-state index in [2.05, 4.69) is 5.32 Å². The Morgan fingerprint density at radius 3 is 2.72 bits per heavy atom. The van der Waals surface area contributed by atoms with Crippen molar-refractivity contribution >= 4 is 5.97 Å². The highest BCUT2D eigenvalue weighted by molar-refractivity contribution is 5.76. The molecular weight excluding hydrogens is 238 g/mol. The van der Waals surface area contributed by atoms with E-state index < -0.39 is 12.0 Å². The Kier molecular flexibility index (Phi) is 5.41. The van der Waals surface area contributed by atoms with Crippen molar-refractivity contribution in [2.45, 2.75) is 6.04 Å². The summed E-state index contributed by atoms with van der Waals surface area (Å²) >= 11 is 0. The molecule has 18 heavy (non-hydrogen) atoms. The average molecular weight is 255 g/mol. The third kappa shape index (κ3) is 3.61. The van der Waals surface area contributed by atoms with Crippen molar-refractivity contribution in [3.8, 4) is 11.5 Å². The third-order valence-corrected chi connectivity index (χ3v) is 2.44. The Hall–Kier alpha value is -1.79. The molecule has 6 heteroatoms. The zero-order valence-corrected chi connectivity index (χ0v) is 10.3. The molecule has 0 saturated carbocycles. The van der Waals surface area contributed by atoms with E-state index in [1.54, 1.807) is 7.11 Å². The fraction of sp³-hybridized carbons (Fsp3) is 0.417. The third-order valence-electron chi connectivity index (χ3n) is 2.44. The summed E-state index contributed by atoms with van der Waals surface area (Å²) in [5.74, 6) is -0.784. The molecule has 0 saturated heterocycles. The van der Waals surface area contributed by atoms with Crippen LogP contribution in [-0.2, 0) is 9.53 Å². The summed E-state index contributed by atoms with van der Waals surface area (Å²) in [4.78, 5) is 11.2. The van der Waals surface area contributed by atoms with Crippen LogP contribution >= 0.6 is 0 Å². The average Bonchev–Trinajstić information content (AvgIpc) is 2.35. The molecule has 0 bridgehead atoms. The minimum atomic E-state index is -1.00. The summed E-state index contributed by atoms with van der Waals surface area (Å²) in [7, 11) is 2.95. The lowest BCUT2D eigenvalue weighted by molar-refractivity contribution is -0.139. The lowest BCUT2D eigenvalue weighted by Crippen LogP contribution is -2.31. The highest BCUT2D eigenvalue weighted by Crippen LogP contribution is 2.28. The number of hydrogen-bond donors (Lipinski definition) is 3. The number of ether oxygens (including phenoxy) is 2. The van der Waals surface area contributed by atoms with Crippen LogP contribution in [0.3, 0.4) is 0 Å². The number of phenolic OH excluding ortho intramolecular Hbond substituents is 1. The quantitative estimate of drug-likeness (QED) is 0.623. The second-order valence-corrected chi connectivity index (χ2v) is 3.65. The Morgan fingerprint density at radius 1 is 1.44 bits per heavy atom. The predicted molar refractivity (Wildman–Crippen MR) is 64.9 cm³/mol. The van der Waals surface area contributed by atoms with E-state index in [-0.39, 0.29) is 11.5 Å². The van der Waals surface area contributed by atoms with Crippen molar-refractivity contribution in [2.24, 2.45) is 0 Å². The summed E-state index contributed by atoms with van der Waals surface area (Å²) in [5.41, 5.74) is 0.508. The van der Waals surface area contributed by atoms with Gasteiger partial charge >= 0.3 is 5.97 Å². The van der Waals surface area contributed by atoms with Gasteiger partial charge in [0.2, 0.25) is 0 Å². The van der Waals surface area contributed by atoms with Crippen molar-refractivity contribution in [3.05, 3.63) is 23.8 Å². The van der Waals surface area contributed by atoms with Crippen LogP contribution in [0.15, 0.2) is 18.2 Å². The topological polar surface area (TPSA) is 88.0 Å². The normalized spacial score (nSPS) is 12.1. The molecule has 1 aromatic rings. The molecule has 1 atom stereocenters. The minimum absolute atomic E-state index is 0.0257. The zero-order valence-electron chi connectivity index (χ0n) is 10.3. The van der Waals surface area contributed by atoms with Gasteiger partial charge in [0.1, 0.15) is 6.04 Å². The van der Waals surface area contributed by atoms with Crippen LogP contribution in [0.25, 0.3) is 0 Å². The van der Waals surface area contributed by atoms with Gasteiger partial charge in [0.15, 0.2) is 11.5 Å². The molecule has 6 nitrogen and oxygen atoms in total. The highest BCUT2D eigenvalue weighted by atomic mass is 16.5. The number of carboxylic acid groups (broad SMARTS) is 1. The number of carboxylic acids is 1. The smallest absolute Gasteiger partial charge is 0.325 e. The van der Waals surface area contributed by atoms with Gasteiger partial charge in [0.25, 0.3) is 0 Å². The molecule has 1 unspecified atom stereocenters. The summed E-state index contributed by atoms with van der Waals surface area (Å²) in [6.45, 7) is 0.829. The Bertz CT molecular complexity index is 407. The van der Waals surface area contributed by atoms with Crippen molar-refractivity contribution in [1.82, 2.24) is 5.32 Å². The zero-order chi connectivity index (χ0) is 13.5. The van der Waals surface area contributed by atoms with E-state index in [0.717, 1.165) is 0 Å². The number of methoxy groups -OCH3 is 2.